The second-order valence-corrected chi connectivity index (χ2v) is 12.0. The zero-order chi connectivity index (χ0) is 29.5. The number of carbonyl (C=O) groups excluding carboxylic acids is 4. The van der Waals surface area contributed by atoms with Gasteiger partial charge in [-0.2, -0.15) is 0 Å². The highest BCUT2D eigenvalue weighted by Crippen LogP contribution is 2.51. The van der Waals surface area contributed by atoms with Gasteiger partial charge in [0.1, 0.15) is 12.1 Å². The maximum absolute atomic E-state index is 14.7. The molecule has 3 aliphatic rings. The third-order valence-corrected chi connectivity index (χ3v) is 7.58. The average Bonchev–Trinajstić information content (AvgIpc) is 3.43. The molecule has 14 heteroatoms. The van der Waals surface area contributed by atoms with Gasteiger partial charge in [-0.3, -0.25) is 19.2 Å². The summed E-state index contributed by atoms with van der Waals surface area (Å²) in [5.74, 6) is -13.0. The van der Waals surface area contributed by atoms with Crippen molar-refractivity contribution in [1.82, 2.24) is 20.9 Å². The molecule has 10 nitrogen and oxygen atoms in total. The molecule has 0 spiro atoms. The fraction of sp³-hybridized carbons (Fsp3) is 0.800. The molecule has 0 aromatic carbocycles. The van der Waals surface area contributed by atoms with Crippen molar-refractivity contribution in [3.8, 4) is 0 Å². The van der Waals surface area contributed by atoms with Crippen LogP contribution in [0.15, 0.2) is 0 Å². The van der Waals surface area contributed by atoms with Crippen molar-refractivity contribution in [2.75, 3.05) is 6.54 Å². The van der Waals surface area contributed by atoms with Gasteiger partial charge in [0.2, 0.25) is 23.5 Å². The van der Waals surface area contributed by atoms with Crippen LogP contribution in [0.1, 0.15) is 66.2 Å². The van der Waals surface area contributed by atoms with Gasteiger partial charge in [-0.25, -0.2) is 22.4 Å². The molecular weight excluding hydrogens is 528 g/mol. The molecule has 39 heavy (non-hydrogen) atoms. The van der Waals surface area contributed by atoms with E-state index in [2.05, 4.69) is 16.0 Å². The summed E-state index contributed by atoms with van der Waals surface area (Å²) in [6, 6.07) is -4.79. The predicted molar refractivity (Wildman–Crippen MR) is 129 cm³/mol. The third kappa shape index (κ3) is 7.38. The number of amides is 4. The van der Waals surface area contributed by atoms with E-state index in [-0.39, 0.29) is 12.5 Å². The second kappa shape index (κ2) is 10.9. The Hall–Kier alpha value is -2.93. The lowest BCUT2D eigenvalue weighted by Crippen LogP contribution is -2.60. The van der Waals surface area contributed by atoms with E-state index < -0.39 is 103 Å². The summed E-state index contributed by atoms with van der Waals surface area (Å²) in [7, 11) is 0. The zero-order valence-corrected chi connectivity index (χ0v) is 22.4. The minimum Gasteiger partial charge on any atom is -0.465 e. The molecule has 5 atom stereocenters. The molecule has 1 saturated heterocycles. The van der Waals surface area contributed by atoms with Gasteiger partial charge >= 0.3 is 6.09 Å². The van der Waals surface area contributed by atoms with E-state index in [0.29, 0.717) is 19.8 Å². The van der Waals surface area contributed by atoms with Gasteiger partial charge < -0.3 is 26.0 Å². The van der Waals surface area contributed by atoms with Gasteiger partial charge in [0.15, 0.2) is 0 Å². The number of nitrogens with one attached hydrogen (secondary N) is 3. The second-order valence-electron chi connectivity index (χ2n) is 12.0. The smallest absolute Gasteiger partial charge is 0.405 e. The van der Waals surface area contributed by atoms with Gasteiger partial charge in [-0.05, 0) is 43.9 Å². The molecule has 1 heterocycles. The lowest BCUT2D eigenvalue weighted by Gasteiger charge is -2.36. The number of nitrogens with zero attached hydrogens (tertiary/aromatic N) is 1. The van der Waals surface area contributed by atoms with E-state index in [1.165, 1.54) is 0 Å². The Bertz CT molecular complexity index is 1010. The summed E-state index contributed by atoms with van der Waals surface area (Å²) in [5.41, 5.74) is -0.997. The number of alkyl halides is 4. The van der Waals surface area contributed by atoms with Crippen LogP contribution in [0.2, 0.25) is 0 Å². The van der Waals surface area contributed by atoms with E-state index in [0.717, 1.165) is 4.90 Å². The molecule has 0 aromatic heterocycles. The Labute approximate surface area is 223 Å². The molecule has 0 aromatic rings. The molecule has 4 N–H and O–H groups in total. The topological polar surface area (TPSA) is 145 Å². The fourth-order valence-electron chi connectivity index (χ4n) is 5.33. The Morgan fingerprint density at radius 2 is 1.64 bits per heavy atom. The number of carboxylic acid groups (broad SMARTS) is 1. The molecule has 3 rings (SSSR count). The summed E-state index contributed by atoms with van der Waals surface area (Å²) < 4.78 is 56.7. The minimum atomic E-state index is -3.22. The average molecular weight is 565 g/mol. The first-order valence-electron chi connectivity index (χ1n) is 13.0. The first kappa shape index (κ1) is 30.6. The van der Waals surface area contributed by atoms with Crippen molar-refractivity contribution in [2.45, 2.75) is 102 Å². The van der Waals surface area contributed by atoms with Gasteiger partial charge in [0.25, 0.3) is 11.8 Å². The number of likely N-dealkylation sites (tertiary alicyclic amines) is 1. The van der Waals surface area contributed by atoms with Crippen molar-refractivity contribution in [3.05, 3.63) is 0 Å². The first-order chi connectivity index (χ1) is 17.8. The summed E-state index contributed by atoms with van der Waals surface area (Å²) in [6.45, 7) is 4.76. The number of ketones is 1. The molecular formula is C25H36F4N4O6. The van der Waals surface area contributed by atoms with Crippen LogP contribution in [0.4, 0.5) is 22.4 Å². The monoisotopic (exact) mass is 564 g/mol. The summed E-state index contributed by atoms with van der Waals surface area (Å²) in [4.78, 5) is 64.6. The number of hydrogen-bond donors (Lipinski definition) is 4. The van der Waals surface area contributed by atoms with Crippen LogP contribution in [0.3, 0.4) is 0 Å². The molecule has 4 amide bonds. The van der Waals surface area contributed by atoms with Crippen LogP contribution >= 0.6 is 0 Å². The SMILES string of the molecule is CC(F)(F)CCC(NC(=O)[C@@H]1[C@H]2CCC(F)(F)[C@H]2CN1C(=O)C(NC(=O)O)C(C)(C)C)C(=O)C(=O)NC1CC1. The molecule has 2 saturated carbocycles. The number of Topliss-reactive ketones (excluding diaryl/α,β-unsaturated/α-hetero) is 1. The third-order valence-electron chi connectivity index (χ3n) is 7.58. The van der Waals surface area contributed by atoms with Gasteiger partial charge in [-0.15, -0.1) is 0 Å². The van der Waals surface area contributed by atoms with Crippen LogP contribution in [-0.2, 0) is 19.2 Å². The highest BCUT2D eigenvalue weighted by molar-refractivity contribution is 6.38. The van der Waals surface area contributed by atoms with E-state index >= 15 is 0 Å². The van der Waals surface area contributed by atoms with Gasteiger partial charge in [0.05, 0.1) is 6.04 Å². The predicted octanol–water partition coefficient (Wildman–Crippen LogP) is 2.31. The lowest BCUT2D eigenvalue weighted by atomic mass is 9.85. The van der Waals surface area contributed by atoms with Crippen LogP contribution in [-0.4, -0.2) is 82.2 Å². The summed E-state index contributed by atoms with van der Waals surface area (Å²) in [6.07, 6.45) is -2.31. The molecule has 3 fully saturated rings. The number of hydrogen-bond acceptors (Lipinski definition) is 5. The molecule has 2 aliphatic carbocycles. The molecule has 1 aliphatic heterocycles. The quantitative estimate of drug-likeness (QED) is 0.237. The Morgan fingerprint density at radius 3 is 2.15 bits per heavy atom. The van der Waals surface area contributed by atoms with Crippen LogP contribution in [0, 0.1) is 17.3 Å². The van der Waals surface area contributed by atoms with Crippen LogP contribution < -0.4 is 16.0 Å². The molecule has 2 unspecified atom stereocenters. The lowest BCUT2D eigenvalue weighted by molar-refractivity contribution is -0.145. The molecule has 220 valence electrons. The number of halogens is 4. The molecule has 0 bridgehead atoms. The standard InChI is InChI=1S/C25H36F4N4O6/c1-23(2,3)18(32-22(38)39)21(37)33-11-14-13(7-10-25(14,28)29)16(33)19(35)31-15(8-9-24(4,26)27)17(34)20(36)30-12-5-6-12/h12-16,18,32H,5-11H2,1-4H3,(H,30,36)(H,31,35)(H,38,39)/t13-,14-,15?,16-,18?/m0/s1. The van der Waals surface area contributed by atoms with E-state index in [1.54, 1.807) is 20.8 Å². The van der Waals surface area contributed by atoms with Gasteiger partial charge in [-0.1, -0.05) is 20.8 Å². The van der Waals surface area contributed by atoms with Crippen LogP contribution in [0.25, 0.3) is 0 Å². The minimum absolute atomic E-state index is 0.125. The van der Waals surface area contributed by atoms with Crippen molar-refractivity contribution in [2.24, 2.45) is 17.3 Å². The van der Waals surface area contributed by atoms with Gasteiger partial charge in [0, 0.05) is 31.3 Å². The first-order valence-corrected chi connectivity index (χ1v) is 13.0. The molecule has 0 radical (unpaired) electrons. The van der Waals surface area contributed by atoms with Crippen LogP contribution in [0.5, 0.6) is 0 Å². The van der Waals surface area contributed by atoms with E-state index in [1.807, 2.05) is 0 Å². The van der Waals surface area contributed by atoms with E-state index in [4.69, 9.17) is 0 Å². The van der Waals surface area contributed by atoms with Crippen molar-refractivity contribution < 1.29 is 46.6 Å². The Morgan fingerprint density at radius 1 is 1.03 bits per heavy atom. The number of carbonyl (C=O) groups is 5. The maximum atomic E-state index is 14.7. The number of rotatable bonds is 10. The summed E-state index contributed by atoms with van der Waals surface area (Å²) >= 11 is 0. The fourth-order valence-corrected chi connectivity index (χ4v) is 5.33. The number of fused-ring (bicyclic) bond motifs is 1. The normalized spacial score (nSPS) is 25.8. The highest BCUT2D eigenvalue weighted by atomic mass is 19.3. The van der Waals surface area contributed by atoms with Crippen molar-refractivity contribution in [1.29, 1.82) is 0 Å². The highest BCUT2D eigenvalue weighted by Gasteiger charge is 2.61. The Kier molecular flexibility index (Phi) is 8.57. The van der Waals surface area contributed by atoms with Crippen molar-refractivity contribution in [3.63, 3.8) is 0 Å². The zero-order valence-electron chi connectivity index (χ0n) is 22.4. The largest absolute Gasteiger partial charge is 0.465 e. The maximum Gasteiger partial charge on any atom is 0.405 e. The Balaban J connectivity index is 1.90. The summed E-state index contributed by atoms with van der Waals surface area (Å²) in [5, 5.41) is 16.1. The van der Waals surface area contributed by atoms with E-state index in [9.17, 15) is 46.6 Å². The van der Waals surface area contributed by atoms with Crippen molar-refractivity contribution >= 4 is 29.6 Å².